The lowest BCUT2D eigenvalue weighted by molar-refractivity contribution is -0.137. The first-order valence-electron chi connectivity index (χ1n) is 5.73. The van der Waals surface area contributed by atoms with E-state index in [4.69, 9.17) is 9.84 Å². The molecular weight excluding hydrogens is 250 g/mol. The number of ether oxygens (including phenoxy) is 1. The van der Waals surface area contributed by atoms with Crippen LogP contribution < -0.4 is 0 Å². The number of aromatic nitrogens is 1. The molecule has 0 spiro atoms. The number of carbonyl (C=O) groups is 2. The van der Waals surface area contributed by atoms with Crippen LogP contribution in [0.25, 0.3) is 10.9 Å². The van der Waals surface area contributed by atoms with E-state index in [1.54, 1.807) is 13.0 Å². The first-order chi connectivity index (χ1) is 9.02. The van der Waals surface area contributed by atoms with Crippen LogP contribution in [0, 0.1) is 0 Å². The predicted octanol–water partition coefficient (Wildman–Crippen LogP) is 1.61. The maximum atomic E-state index is 11.8. The molecule has 6 nitrogen and oxygen atoms in total. The molecule has 0 aliphatic rings. The molecule has 0 radical (unpaired) electrons. The maximum absolute atomic E-state index is 11.8. The minimum Gasteiger partial charge on any atom is -0.508 e. The van der Waals surface area contributed by atoms with E-state index >= 15 is 0 Å². The van der Waals surface area contributed by atoms with Crippen LogP contribution in [0.4, 0.5) is 0 Å². The number of esters is 1. The predicted molar refractivity (Wildman–Crippen MR) is 67.2 cm³/mol. The van der Waals surface area contributed by atoms with Gasteiger partial charge in [-0.3, -0.25) is 4.79 Å². The lowest BCUT2D eigenvalue weighted by atomic mass is 10.1. The zero-order valence-electron chi connectivity index (χ0n) is 10.3. The van der Waals surface area contributed by atoms with Crippen molar-refractivity contribution in [3.8, 4) is 5.75 Å². The SMILES string of the molecule is CCOC(=O)c1cn(CC(=O)O)c2ccc(O)cc12. The van der Waals surface area contributed by atoms with Crippen molar-refractivity contribution in [3.63, 3.8) is 0 Å². The van der Waals surface area contributed by atoms with Gasteiger partial charge in [-0.05, 0) is 25.1 Å². The highest BCUT2D eigenvalue weighted by atomic mass is 16.5. The average Bonchev–Trinajstić information content (AvgIpc) is 2.67. The van der Waals surface area contributed by atoms with E-state index < -0.39 is 11.9 Å². The van der Waals surface area contributed by atoms with E-state index in [1.807, 2.05) is 0 Å². The Morgan fingerprint density at radius 3 is 2.74 bits per heavy atom. The molecule has 2 rings (SSSR count). The number of carboxylic acid groups (broad SMARTS) is 1. The fourth-order valence-electron chi connectivity index (χ4n) is 1.93. The fourth-order valence-corrected chi connectivity index (χ4v) is 1.93. The van der Waals surface area contributed by atoms with Crippen molar-refractivity contribution in [1.82, 2.24) is 4.57 Å². The van der Waals surface area contributed by atoms with Gasteiger partial charge in [0.15, 0.2) is 0 Å². The number of benzene rings is 1. The Balaban J connectivity index is 2.59. The van der Waals surface area contributed by atoms with E-state index in [0.717, 1.165) is 0 Å². The standard InChI is InChI=1S/C13H13NO5/c1-2-19-13(18)10-6-14(7-12(16)17)11-4-3-8(15)5-9(10)11/h3-6,15H,2,7H2,1H3,(H,16,17). The second kappa shape index (κ2) is 5.01. The molecule has 19 heavy (non-hydrogen) atoms. The first-order valence-corrected chi connectivity index (χ1v) is 5.73. The van der Waals surface area contributed by atoms with Gasteiger partial charge in [-0.1, -0.05) is 0 Å². The Hall–Kier alpha value is -2.50. The van der Waals surface area contributed by atoms with Crippen molar-refractivity contribution in [2.75, 3.05) is 6.61 Å². The number of carboxylic acids is 1. The van der Waals surface area contributed by atoms with E-state index in [-0.39, 0.29) is 24.5 Å². The number of hydrogen-bond donors (Lipinski definition) is 2. The summed E-state index contributed by atoms with van der Waals surface area (Å²) in [6, 6.07) is 4.42. The molecule has 100 valence electrons. The molecule has 0 unspecified atom stereocenters. The summed E-state index contributed by atoms with van der Waals surface area (Å²) in [5.41, 5.74) is 0.803. The summed E-state index contributed by atoms with van der Waals surface area (Å²) in [6.07, 6.45) is 1.43. The monoisotopic (exact) mass is 263 g/mol. The zero-order valence-corrected chi connectivity index (χ0v) is 10.3. The molecule has 0 amide bonds. The van der Waals surface area contributed by atoms with Gasteiger partial charge in [-0.25, -0.2) is 4.79 Å². The molecule has 0 saturated heterocycles. The van der Waals surface area contributed by atoms with Crippen LogP contribution >= 0.6 is 0 Å². The lowest BCUT2D eigenvalue weighted by Gasteiger charge is -2.00. The molecule has 1 heterocycles. The fraction of sp³-hybridized carbons (Fsp3) is 0.231. The van der Waals surface area contributed by atoms with Gasteiger partial charge in [0.05, 0.1) is 12.2 Å². The van der Waals surface area contributed by atoms with Gasteiger partial charge in [-0.15, -0.1) is 0 Å². The van der Waals surface area contributed by atoms with Crippen molar-refractivity contribution >= 4 is 22.8 Å². The third-order valence-corrected chi connectivity index (χ3v) is 2.67. The summed E-state index contributed by atoms with van der Waals surface area (Å²) >= 11 is 0. The molecule has 0 saturated carbocycles. The Morgan fingerprint density at radius 2 is 2.11 bits per heavy atom. The topological polar surface area (TPSA) is 88.8 Å². The molecule has 1 aromatic heterocycles. The van der Waals surface area contributed by atoms with Crippen molar-refractivity contribution in [2.45, 2.75) is 13.5 Å². The highest BCUT2D eigenvalue weighted by molar-refractivity contribution is 6.05. The van der Waals surface area contributed by atoms with Crippen LogP contribution in [-0.2, 0) is 16.1 Å². The van der Waals surface area contributed by atoms with Crippen molar-refractivity contribution in [2.24, 2.45) is 0 Å². The zero-order chi connectivity index (χ0) is 14.0. The number of fused-ring (bicyclic) bond motifs is 1. The minimum absolute atomic E-state index is 0.00567. The number of rotatable bonds is 4. The Kier molecular flexibility index (Phi) is 3.41. The largest absolute Gasteiger partial charge is 0.508 e. The van der Waals surface area contributed by atoms with E-state index in [9.17, 15) is 14.7 Å². The molecule has 0 atom stereocenters. The molecule has 1 aromatic carbocycles. The van der Waals surface area contributed by atoms with Crippen molar-refractivity contribution in [3.05, 3.63) is 30.0 Å². The number of aliphatic carboxylic acids is 1. The van der Waals surface area contributed by atoms with Gasteiger partial charge in [0, 0.05) is 17.1 Å². The van der Waals surface area contributed by atoms with Gasteiger partial charge in [0.2, 0.25) is 0 Å². The molecule has 2 N–H and O–H groups in total. The number of nitrogens with zero attached hydrogens (tertiary/aromatic N) is 1. The van der Waals surface area contributed by atoms with Crippen LogP contribution in [0.15, 0.2) is 24.4 Å². The van der Waals surface area contributed by atoms with Gasteiger partial charge in [0.25, 0.3) is 0 Å². The number of hydrogen-bond acceptors (Lipinski definition) is 4. The normalized spacial score (nSPS) is 10.6. The molecule has 6 heteroatoms. The van der Waals surface area contributed by atoms with Crippen LogP contribution in [-0.4, -0.2) is 33.3 Å². The lowest BCUT2D eigenvalue weighted by Crippen LogP contribution is -2.08. The van der Waals surface area contributed by atoms with Crippen LogP contribution in [0.3, 0.4) is 0 Å². The Bertz CT molecular complexity index is 644. The second-order valence-electron chi connectivity index (χ2n) is 3.99. The smallest absolute Gasteiger partial charge is 0.340 e. The summed E-state index contributed by atoms with van der Waals surface area (Å²) in [5, 5.41) is 18.8. The summed E-state index contributed by atoms with van der Waals surface area (Å²) in [6.45, 7) is 1.65. The number of phenols is 1. The quantitative estimate of drug-likeness (QED) is 0.818. The van der Waals surface area contributed by atoms with E-state index in [2.05, 4.69) is 0 Å². The average molecular weight is 263 g/mol. The van der Waals surface area contributed by atoms with E-state index in [0.29, 0.717) is 10.9 Å². The van der Waals surface area contributed by atoms with Gasteiger partial charge in [-0.2, -0.15) is 0 Å². The van der Waals surface area contributed by atoms with Crippen LogP contribution in [0.2, 0.25) is 0 Å². The first kappa shape index (κ1) is 12.9. The highest BCUT2D eigenvalue weighted by Gasteiger charge is 2.17. The van der Waals surface area contributed by atoms with Crippen molar-refractivity contribution in [1.29, 1.82) is 0 Å². The van der Waals surface area contributed by atoms with Crippen LogP contribution in [0.5, 0.6) is 5.75 Å². The Labute approximate surface area is 108 Å². The highest BCUT2D eigenvalue weighted by Crippen LogP contribution is 2.26. The number of carbonyl (C=O) groups excluding carboxylic acids is 1. The number of aromatic hydroxyl groups is 1. The molecule has 0 aliphatic heterocycles. The molecule has 2 aromatic rings. The molecule has 0 bridgehead atoms. The maximum Gasteiger partial charge on any atom is 0.340 e. The van der Waals surface area contributed by atoms with Gasteiger partial charge >= 0.3 is 11.9 Å². The Morgan fingerprint density at radius 1 is 1.37 bits per heavy atom. The van der Waals surface area contributed by atoms with Gasteiger partial charge in [0.1, 0.15) is 12.3 Å². The van der Waals surface area contributed by atoms with Crippen molar-refractivity contribution < 1.29 is 24.5 Å². The van der Waals surface area contributed by atoms with Gasteiger partial charge < -0.3 is 19.5 Å². The summed E-state index contributed by atoms with van der Waals surface area (Å²) in [5.74, 6) is -1.55. The van der Waals surface area contributed by atoms with Crippen LogP contribution in [0.1, 0.15) is 17.3 Å². The third-order valence-electron chi connectivity index (χ3n) is 2.67. The molecular formula is C13H13NO5. The van der Waals surface area contributed by atoms with E-state index in [1.165, 1.54) is 22.9 Å². The second-order valence-corrected chi connectivity index (χ2v) is 3.99. The molecule has 0 aliphatic carbocycles. The molecule has 0 fully saturated rings. The third kappa shape index (κ3) is 2.52. The summed E-state index contributed by atoms with van der Waals surface area (Å²) < 4.78 is 6.35. The summed E-state index contributed by atoms with van der Waals surface area (Å²) in [4.78, 5) is 22.6. The summed E-state index contributed by atoms with van der Waals surface area (Å²) in [7, 11) is 0. The number of phenolic OH excluding ortho intramolecular Hbond substituents is 1. The minimum atomic E-state index is -1.01.